The highest BCUT2D eigenvalue weighted by atomic mass is 15.0. The Kier molecular flexibility index (Phi) is 4.50. The van der Waals surface area contributed by atoms with E-state index in [9.17, 15) is 0 Å². The van der Waals surface area contributed by atoms with Gasteiger partial charge < -0.3 is 4.57 Å². The fourth-order valence-electron chi connectivity index (χ4n) is 6.80. The van der Waals surface area contributed by atoms with Crippen LogP contribution >= 0.6 is 0 Å². The molecule has 0 amide bonds. The van der Waals surface area contributed by atoms with Crippen LogP contribution in [-0.2, 0) is 5.41 Å². The average molecular weight is 484 g/mol. The van der Waals surface area contributed by atoms with Crippen molar-refractivity contribution in [3.8, 4) is 16.8 Å². The van der Waals surface area contributed by atoms with E-state index >= 15 is 0 Å². The second-order valence-corrected chi connectivity index (χ2v) is 10.1. The molecule has 7 aromatic rings. The molecule has 178 valence electrons. The number of benzene rings is 6. The van der Waals surface area contributed by atoms with Gasteiger partial charge in [0.25, 0.3) is 0 Å². The molecule has 0 saturated carbocycles. The summed E-state index contributed by atoms with van der Waals surface area (Å²) in [6.45, 7) is 0. The molecular weight excluding hydrogens is 458 g/mol. The first-order chi connectivity index (χ1) is 18.9. The van der Waals surface area contributed by atoms with Gasteiger partial charge in [-0.1, -0.05) is 140 Å². The Morgan fingerprint density at radius 1 is 0.447 bits per heavy atom. The summed E-state index contributed by atoms with van der Waals surface area (Å²) in [5.41, 5.74) is 9.83. The van der Waals surface area contributed by atoms with Crippen LogP contribution in [0.3, 0.4) is 0 Å². The SMILES string of the molecule is c1ccc(C2(c3ccccc3)c3ccccc3-c3c2n(-c2cccc4ccccc24)c2ccccc32)cc1. The molecule has 1 aromatic heterocycles. The Morgan fingerprint density at radius 3 is 1.79 bits per heavy atom. The van der Waals surface area contributed by atoms with Gasteiger partial charge in [0.05, 0.1) is 22.3 Å². The van der Waals surface area contributed by atoms with Crippen LogP contribution in [-0.4, -0.2) is 4.57 Å². The van der Waals surface area contributed by atoms with Gasteiger partial charge in [-0.25, -0.2) is 0 Å². The molecule has 0 aliphatic heterocycles. The fraction of sp³-hybridized carbons (Fsp3) is 0.0270. The normalized spacial score (nSPS) is 13.5. The Bertz CT molecular complexity index is 1920. The summed E-state index contributed by atoms with van der Waals surface area (Å²) in [4.78, 5) is 0. The molecule has 0 unspecified atom stereocenters. The third-order valence-corrected chi connectivity index (χ3v) is 8.25. The number of fused-ring (bicyclic) bond motifs is 6. The highest BCUT2D eigenvalue weighted by Gasteiger charge is 2.49. The molecule has 0 spiro atoms. The molecule has 38 heavy (non-hydrogen) atoms. The zero-order chi connectivity index (χ0) is 25.1. The highest BCUT2D eigenvalue weighted by Crippen LogP contribution is 2.59. The van der Waals surface area contributed by atoms with Crippen LogP contribution in [0.5, 0.6) is 0 Å². The third-order valence-electron chi connectivity index (χ3n) is 8.25. The summed E-state index contributed by atoms with van der Waals surface area (Å²) in [5, 5.41) is 3.79. The lowest BCUT2D eigenvalue weighted by Crippen LogP contribution is -2.31. The number of rotatable bonds is 3. The van der Waals surface area contributed by atoms with Crippen molar-refractivity contribution < 1.29 is 0 Å². The van der Waals surface area contributed by atoms with Gasteiger partial charge in [-0.05, 0) is 39.8 Å². The predicted octanol–water partition coefficient (Wildman–Crippen LogP) is 9.15. The first-order valence-electron chi connectivity index (χ1n) is 13.2. The van der Waals surface area contributed by atoms with E-state index in [2.05, 4.69) is 156 Å². The van der Waals surface area contributed by atoms with E-state index < -0.39 is 5.41 Å². The molecule has 0 fully saturated rings. The fourth-order valence-corrected chi connectivity index (χ4v) is 6.80. The van der Waals surface area contributed by atoms with Gasteiger partial charge in [0.1, 0.15) is 0 Å². The average Bonchev–Trinajstić information content (AvgIpc) is 3.49. The van der Waals surface area contributed by atoms with Crippen LogP contribution in [0.2, 0.25) is 0 Å². The summed E-state index contributed by atoms with van der Waals surface area (Å²) < 4.78 is 2.55. The van der Waals surface area contributed by atoms with E-state index in [1.165, 1.54) is 60.9 Å². The molecule has 1 aliphatic rings. The lowest BCUT2D eigenvalue weighted by Gasteiger charge is -2.35. The summed E-state index contributed by atoms with van der Waals surface area (Å²) in [6.07, 6.45) is 0. The molecule has 0 bridgehead atoms. The van der Waals surface area contributed by atoms with Crippen molar-refractivity contribution in [2.45, 2.75) is 5.41 Å². The molecule has 8 rings (SSSR count). The predicted molar refractivity (Wildman–Crippen MR) is 158 cm³/mol. The Hall–Kier alpha value is -4.88. The lowest BCUT2D eigenvalue weighted by molar-refractivity contribution is 0.719. The van der Waals surface area contributed by atoms with E-state index in [-0.39, 0.29) is 0 Å². The van der Waals surface area contributed by atoms with Gasteiger partial charge in [-0.2, -0.15) is 0 Å². The van der Waals surface area contributed by atoms with E-state index in [1.807, 2.05) is 0 Å². The quantitative estimate of drug-likeness (QED) is 0.236. The second kappa shape index (κ2) is 8.06. The van der Waals surface area contributed by atoms with Crippen molar-refractivity contribution in [1.82, 2.24) is 4.57 Å². The van der Waals surface area contributed by atoms with Gasteiger partial charge in [0.15, 0.2) is 0 Å². The summed E-state index contributed by atoms with van der Waals surface area (Å²) in [6, 6.07) is 55.4. The lowest BCUT2D eigenvalue weighted by atomic mass is 9.69. The summed E-state index contributed by atoms with van der Waals surface area (Å²) in [5.74, 6) is 0. The zero-order valence-corrected chi connectivity index (χ0v) is 20.9. The number of hydrogen-bond donors (Lipinski definition) is 0. The second-order valence-electron chi connectivity index (χ2n) is 10.1. The number of hydrogen-bond acceptors (Lipinski definition) is 0. The maximum Gasteiger partial charge on any atom is 0.0870 e. The largest absolute Gasteiger partial charge is 0.311 e. The first-order valence-corrected chi connectivity index (χ1v) is 13.2. The molecule has 1 heteroatoms. The van der Waals surface area contributed by atoms with Crippen molar-refractivity contribution in [2.24, 2.45) is 0 Å². The van der Waals surface area contributed by atoms with Crippen LogP contribution in [0.15, 0.2) is 152 Å². The standard InChI is InChI=1S/C37H25N/c1-3-16-27(17-4-1)37(28-18-5-2-6-19-28)32-23-11-9-21-30(32)35-31-22-10-12-24-34(31)38(36(35)37)33-25-13-15-26-14-7-8-20-29(26)33/h1-25H. The van der Waals surface area contributed by atoms with Gasteiger partial charge in [-0.15, -0.1) is 0 Å². The topological polar surface area (TPSA) is 4.93 Å². The number of para-hydroxylation sites is 1. The van der Waals surface area contributed by atoms with Gasteiger partial charge >= 0.3 is 0 Å². The molecule has 6 aromatic carbocycles. The molecular formula is C37H25N. The van der Waals surface area contributed by atoms with E-state index in [1.54, 1.807) is 0 Å². The molecule has 1 aliphatic carbocycles. The molecule has 1 nitrogen and oxygen atoms in total. The van der Waals surface area contributed by atoms with Crippen LogP contribution in [0.4, 0.5) is 0 Å². The van der Waals surface area contributed by atoms with Crippen LogP contribution in [0.25, 0.3) is 38.5 Å². The van der Waals surface area contributed by atoms with Crippen LogP contribution < -0.4 is 0 Å². The van der Waals surface area contributed by atoms with Crippen molar-refractivity contribution in [3.63, 3.8) is 0 Å². The third kappa shape index (κ3) is 2.71. The highest BCUT2D eigenvalue weighted by molar-refractivity contribution is 6.06. The van der Waals surface area contributed by atoms with Gasteiger partial charge in [-0.3, -0.25) is 0 Å². The van der Waals surface area contributed by atoms with Crippen molar-refractivity contribution in [2.75, 3.05) is 0 Å². The van der Waals surface area contributed by atoms with E-state index in [0.717, 1.165) is 0 Å². The first kappa shape index (κ1) is 21.2. The molecule has 0 atom stereocenters. The van der Waals surface area contributed by atoms with Crippen molar-refractivity contribution in [3.05, 3.63) is 174 Å². The van der Waals surface area contributed by atoms with Crippen molar-refractivity contribution in [1.29, 1.82) is 0 Å². The summed E-state index contributed by atoms with van der Waals surface area (Å²) in [7, 11) is 0. The van der Waals surface area contributed by atoms with Crippen LogP contribution in [0, 0.1) is 0 Å². The smallest absolute Gasteiger partial charge is 0.0870 e. The minimum absolute atomic E-state index is 0.468. The Morgan fingerprint density at radius 2 is 1.03 bits per heavy atom. The van der Waals surface area contributed by atoms with Crippen molar-refractivity contribution >= 4 is 21.7 Å². The Labute approximate surface area is 222 Å². The zero-order valence-electron chi connectivity index (χ0n) is 20.9. The van der Waals surface area contributed by atoms with Gasteiger partial charge in [0.2, 0.25) is 0 Å². The maximum atomic E-state index is 2.55. The van der Waals surface area contributed by atoms with Crippen LogP contribution in [0.1, 0.15) is 22.4 Å². The maximum absolute atomic E-state index is 2.55. The van der Waals surface area contributed by atoms with E-state index in [4.69, 9.17) is 0 Å². The van der Waals surface area contributed by atoms with Gasteiger partial charge in [0, 0.05) is 16.3 Å². The molecule has 1 heterocycles. The minimum atomic E-state index is -0.468. The molecule has 0 saturated heterocycles. The number of aromatic nitrogens is 1. The number of nitrogens with zero attached hydrogens (tertiary/aromatic N) is 1. The summed E-state index contributed by atoms with van der Waals surface area (Å²) >= 11 is 0. The molecule has 0 N–H and O–H groups in total. The monoisotopic (exact) mass is 483 g/mol. The minimum Gasteiger partial charge on any atom is -0.311 e. The van der Waals surface area contributed by atoms with E-state index in [0.29, 0.717) is 0 Å². The Balaban J connectivity index is 1.65. The molecule has 0 radical (unpaired) electrons.